The standard InChI is InChI=1S/C19H18FN3O2S2/c1-23-8-7-21-19(23)27-11-13-3-4-16(25-13)18(24)22-15-6-9-26-17-5-2-12(20)10-14(15)17/h2-5,7-8,10,15H,6,9,11H2,1H3,(H,22,24). The Morgan fingerprint density at radius 3 is 3.15 bits per heavy atom. The van der Waals surface area contributed by atoms with Crippen LogP contribution in [-0.4, -0.2) is 21.2 Å². The third-order valence-corrected chi connectivity index (χ3v) is 6.53. The average Bonchev–Trinajstić information content (AvgIpc) is 3.29. The molecule has 2 aromatic heterocycles. The lowest BCUT2D eigenvalue weighted by Gasteiger charge is -2.25. The molecule has 4 rings (SSSR count). The minimum Gasteiger partial charge on any atom is -0.455 e. The molecule has 27 heavy (non-hydrogen) atoms. The number of nitrogens with one attached hydrogen (secondary N) is 1. The van der Waals surface area contributed by atoms with Crippen LogP contribution in [0.5, 0.6) is 0 Å². The number of hydrogen-bond donors (Lipinski definition) is 1. The van der Waals surface area contributed by atoms with E-state index in [0.717, 1.165) is 27.8 Å². The predicted molar refractivity (Wildman–Crippen MR) is 103 cm³/mol. The topological polar surface area (TPSA) is 60.1 Å². The van der Waals surface area contributed by atoms with Crippen LogP contribution in [0.3, 0.4) is 0 Å². The Morgan fingerprint density at radius 1 is 1.44 bits per heavy atom. The minimum absolute atomic E-state index is 0.208. The van der Waals surface area contributed by atoms with E-state index in [4.69, 9.17) is 4.42 Å². The molecule has 1 aliphatic heterocycles. The molecule has 1 aromatic carbocycles. The van der Waals surface area contributed by atoms with Crippen molar-refractivity contribution >= 4 is 29.4 Å². The summed E-state index contributed by atoms with van der Waals surface area (Å²) in [6.45, 7) is 0. The number of aryl methyl sites for hydroxylation is 1. The van der Waals surface area contributed by atoms with Crippen molar-refractivity contribution in [2.75, 3.05) is 5.75 Å². The second-order valence-electron chi connectivity index (χ2n) is 6.22. The molecule has 8 heteroatoms. The number of rotatable bonds is 5. The first-order chi connectivity index (χ1) is 13.1. The summed E-state index contributed by atoms with van der Waals surface area (Å²) >= 11 is 3.22. The molecule has 140 valence electrons. The highest BCUT2D eigenvalue weighted by molar-refractivity contribution is 7.99. The van der Waals surface area contributed by atoms with Crippen LogP contribution in [0, 0.1) is 5.82 Å². The van der Waals surface area contributed by atoms with E-state index in [1.54, 1.807) is 47.9 Å². The molecule has 0 saturated heterocycles. The quantitative estimate of drug-likeness (QED) is 0.640. The van der Waals surface area contributed by atoms with Crippen molar-refractivity contribution in [1.29, 1.82) is 0 Å². The maximum atomic E-state index is 13.6. The number of halogens is 1. The Kier molecular flexibility index (Phi) is 5.27. The number of hydrogen-bond acceptors (Lipinski definition) is 5. The molecule has 0 saturated carbocycles. The Labute approximate surface area is 164 Å². The summed E-state index contributed by atoms with van der Waals surface area (Å²) < 4.78 is 21.2. The number of carbonyl (C=O) groups excluding carboxylic acids is 1. The smallest absolute Gasteiger partial charge is 0.287 e. The van der Waals surface area contributed by atoms with Gasteiger partial charge in [0.1, 0.15) is 11.6 Å². The van der Waals surface area contributed by atoms with E-state index in [0.29, 0.717) is 11.5 Å². The Morgan fingerprint density at radius 2 is 2.33 bits per heavy atom. The van der Waals surface area contributed by atoms with Crippen molar-refractivity contribution in [3.05, 3.63) is 65.6 Å². The number of aromatic nitrogens is 2. The molecule has 0 aliphatic carbocycles. The van der Waals surface area contributed by atoms with Crippen LogP contribution in [0.4, 0.5) is 4.39 Å². The molecule has 0 radical (unpaired) electrons. The summed E-state index contributed by atoms with van der Waals surface area (Å²) in [4.78, 5) is 17.8. The van der Waals surface area contributed by atoms with Gasteiger partial charge in [0, 0.05) is 30.1 Å². The summed E-state index contributed by atoms with van der Waals surface area (Å²) in [7, 11) is 1.93. The highest BCUT2D eigenvalue weighted by Crippen LogP contribution is 2.36. The SMILES string of the molecule is Cn1ccnc1SCc1ccc(C(=O)NC2CCSc3ccc(F)cc32)o1. The van der Waals surface area contributed by atoms with Crippen molar-refractivity contribution in [3.63, 3.8) is 0 Å². The normalized spacial score (nSPS) is 16.1. The zero-order chi connectivity index (χ0) is 18.8. The summed E-state index contributed by atoms with van der Waals surface area (Å²) in [5.74, 6) is 1.87. The summed E-state index contributed by atoms with van der Waals surface area (Å²) in [6.07, 6.45) is 4.38. The molecule has 3 heterocycles. The van der Waals surface area contributed by atoms with Gasteiger partial charge in [-0.15, -0.1) is 11.8 Å². The van der Waals surface area contributed by atoms with Crippen LogP contribution in [0.25, 0.3) is 0 Å². The largest absolute Gasteiger partial charge is 0.455 e. The maximum absolute atomic E-state index is 13.6. The van der Waals surface area contributed by atoms with Crippen LogP contribution in [0.15, 0.2) is 57.2 Å². The fraction of sp³-hybridized carbons (Fsp3) is 0.263. The zero-order valence-corrected chi connectivity index (χ0v) is 16.3. The number of fused-ring (bicyclic) bond motifs is 1. The van der Waals surface area contributed by atoms with E-state index >= 15 is 0 Å². The molecule has 1 aliphatic rings. The fourth-order valence-corrected chi connectivity index (χ4v) is 4.88. The molecular formula is C19H18FN3O2S2. The molecule has 0 spiro atoms. The molecular weight excluding hydrogens is 385 g/mol. The second-order valence-corrected chi connectivity index (χ2v) is 8.30. The first-order valence-corrected chi connectivity index (χ1v) is 10.5. The molecule has 3 aromatic rings. The Balaban J connectivity index is 1.42. The number of imidazole rings is 1. The first-order valence-electron chi connectivity index (χ1n) is 8.52. The van der Waals surface area contributed by atoms with Crippen molar-refractivity contribution in [3.8, 4) is 0 Å². The third kappa shape index (κ3) is 4.06. The molecule has 0 bridgehead atoms. The van der Waals surface area contributed by atoms with Gasteiger partial charge in [-0.2, -0.15) is 0 Å². The number of carbonyl (C=O) groups is 1. The van der Waals surface area contributed by atoms with Crippen LogP contribution in [-0.2, 0) is 12.8 Å². The minimum atomic E-state index is -0.290. The molecule has 1 atom stereocenters. The van der Waals surface area contributed by atoms with E-state index < -0.39 is 0 Å². The summed E-state index contributed by atoms with van der Waals surface area (Å²) in [6, 6.07) is 7.99. The molecule has 1 amide bonds. The Hall–Kier alpha value is -2.19. The number of nitrogens with zero attached hydrogens (tertiary/aromatic N) is 2. The van der Waals surface area contributed by atoms with E-state index in [1.807, 2.05) is 17.8 Å². The fourth-order valence-electron chi connectivity index (χ4n) is 2.95. The zero-order valence-electron chi connectivity index (χ0n) is 14.6. The molecule has 0 fully saturated rings. The average molecular weight is 404 g/mol. The number of benzene rings is 1. The van der Waals surface area contributed by atoms with Crippen LogP contribution in [0.2, 0.25) is 0 Å². The van der Waals surface area contributed by atoms with Gasteiger partial charge >= 0.3 is 0 Å². The first kappa shape index (κ1) is 18.2. The van der Waals surface area contributed by atoms with E-state index in [2.05, 4.69) is 10.3 Å². The third-order valence-electron chi connectivity index (χ3n) is 4.32. The van der Waals surface area contributed by atoms with Gasteiger partial charge in [-0.3, -0.25) is 4.79 Å². The van der Waals surface area contributed by atoms with Gasteiger partial charge < -0.3 is 14.3 Å². The molecule has 1 N–H and O–H groups in total. The predicted octanol–water partition coefficient (Wildman–Crippen LogP) is 4.41. The summed E-state index contributed by atoms with van der Waals surface area (Å²) in [5, 5.41) is 3.86. The highest BCUT2D eigenvalue weighted by atomic mass is 32.2. The monoisotopic (exact) mass is 403 g/mol. The maximum Gasteiger partial charge on any atom is 0.287 e. The van der Waals surface area contributed by atoms with Gasteiger partial charge in [0.25, 0.3) is 5.91 Å². The number of thioether (sulfide) groups is 2. The van der Waals surface area contributed by atoms with Gasteiger partial charge in [-0.05, 0) is 42.3 Å². The van der Waals surface area contributed by atoms with Gasteiger partial charge in [0.15, 0.2) is 10.9 Å². The van der Waals surface area contributed by atoms with Crippen LogP contribution >= 0.6 is 23.5 Å². The number of furan rings is 1. The van der Waals surface area contributed by atoms with Crippen LogP contribution < -0.4 is 5.32 Å². The van der Waals surface area contributed by atoms with E-state index in [9.17, 15) is 9.18 Å². The highest BCUT2D eigenvalue weighted by Gasteiger charge is 2.24. The van der Waals surface area contributed by atoms with Gasteiger partial charge in [0.05, 0.1) is 11.8 Å². The number of amides is 1. The van der Waals surface area contributed by atoms with E-state index in [-0.39, 0.29) is 23.5 Å². The lowest BCUT2D eigenvalue weighted by atomic mass is 10.0. The molecule has 5 nitrogen and oxygen atoms in total. The van der Waals surface area contributed by atoms with E-state index in [1.165, 1.54) is 12.1 Å². The van der Waals surface area contributed by atoms with Gasteiger partial charge in [-0.25, -0.2) is 9.37 Å². The Bertz CT molecular complexity index is 970. The lowest BCUT2D eigenvalue weighted by Crippen LogP contribution is -2.30. The van der Waals surface area contributed by atoms with Gasteiger partial charge in [-0.1, -0.05) is 11.8 Å². The van der Waals surface area contributed by atoms with Crippen molar-refractivity contribution in [2.45, 2.75) is 28.3 Å². The van der Waals surface area contributed by atoms with Crippen LogP contribution in [0.1, 0.15) is 34.3 Å². The summed E-state index contributed by atoms with van der Waals surface area (Å²) in [5.41, 5.74) is 0.830. The molecule has 1 unspecified atom stereocenters. The van der Waals surface area contributed by atoms with Crippen molar-refractivity contribution in [1.82, 2.24) is 14.9 Å². The van der Waals surface area contributed by atoms with Crippen molar-refractivity contribution in [2.24, 2.45) is 7.05 Å². The lowest BCUT2D eigenvalue weighted by molar-refractivity contribution is 0.0905. The second kappa shape index (κ2) is 7.82. The van der Waals surface area contributed by atoms with Gasteiger partial charge in [0.2, 0.25) is 0 Å². The van der Waals surface area contributed by atoms with Crippen molar-refractivity contribution < 1.29 is 13.6 Å².